The zero-order chi connectivity index (χ0) is 16.7. The molecule has 1 fully saturated rings. The Bertz CT molecular complexity index is 496. The minimum atomic E-state index is -0.457. The van der Waals surface area contributed by atoms with Crippen LogP contribution in [0.5, 0.6) is 0 Å². The number of aromatic nitrogens is 1. The molecule has 0 spiro atoms. The first-order valence-electron chi connectivity index (χ1n) is 8.41. The van der Waals surface area contributed by atoms with Crippen LogP contribution in [0, 0.1) is 5.41 Å². The van der Waals surface area contributed by atoms with Gasteiger partial charge in [-0.25, -0.2) is 4.98 Å². The number of halogens is 2. The van der Waals surface area contributed by atoms with E-state index in [1.54, 1.807) is 0 Å². The maximum atomic E-state index is 12.4. The summed E-state index contributed by atoms with van der Waals surface area (Å²) in [4.78, 5) is 19.1. The Morgan fingerprint density at radius 2 is 1.92 bits per heavy atom. The van der Waals surface area contributed by atoms with Crippen molar-refractivity contribution in [1.82, 2.24) is 10.3 Å². The summed E-state index contributed by atoms with van der Waals surface area (Å²) in [6.45, 7) is 8.11. The minimum absolute atomic E-state index is 0. The monoisotopic (exact) mass is 392 g/mol. The van der Waals surface area contributed by atoms with Crippen molar-refractivity contribution in [2.45, 2.75) is 33.2 Å². The smallest absolute Gasteiger partial charge is 0.227 e. The second-order valence-corrected chi connectivity index (χ2v) is 6.00. The Labute approximate surface area is 162 Å². The van der Waals surface area contributed by atoms with Gasteiger partial charge in [0.25, 0.3) is 0 Å². The van der Waals surface area contributed by atoms with Crippen molar-refractivity contribution >= 4 is 36.5 Å². The fourth-order valence-electron chi connectivity index (χ4n) is 2.82. The number of anilines is 1. The van der Waals surface area contributed by atoms with E-state index in [1.807, 2.05) is 32.2 Å². The number of amides is 1. The Morgan fingerprint density at radius 3 is 2.40 bits per heavy atom. The largest absolute Gasteiger partial charge is 0.378 e. The molecule has 25 heavy (non-hydrogen) atoms. The SMILES string of the molecule is CCC(CC)(CN)C(=O)NCc1ccc(N2CCOCC2)nc1.Cl.Cl. The van der Waals surface area contributed by atoms with Crippen molar-refractivity contribution in [3.8, 4) is 0 Å². The predicted molar refractivity (Wildman–Crippen MR) is 106 cm³/mol. The Kier molecular flexibility index (Phi) is 11.0. The summed E-state index contributed by atoms with van der Waals surface area (Å²) in [5.74, 6) is 0.990. The third kappa shape index (κ3) is 5.99. The molecular weight excluding hydrogens is 363 g/mol. The van der Waals surface area contributed by atoms with Crippen LogP contribution in [-0.4, -0.2) is 43.7 Å². The number of hydrogen-bond donors (Lipinski definition) is 2. The lowest BCUT2D eigenvalue weighted by atomic mass is 9.81. The molecule has 1 amide bonds. The van der Waals surface area contributed by atoms with Crippen molar-refractivity contribution in [3.05, 3.63) is 23.9 Å². The Hall–Kier alpha value is -1.08. The maximum Gasteiger partial charge on any atom is 0.227 e. The molecule has 1 aliphatic heterocycles. The molecule has 3 N–H and O–H groups in total. The number of nitrogens with zero attached hydrogens (tertiary/aromatic N) is 2. The van der Waals surface area contributed by atoms with Gasteiger partial charge < -0.3 is 20.7 Å². The molecule has 8 heteroatoms. The van der Waals surface area contributed by atoms with Crippen molar-refractivity contribution in [2.24, 2.45) is 11.1 Å². The van der Waals surface area contributed by atoms with Gasteiger partial charge in [0.2, 0.25) is 5.91 Å². The average molecular weight is 393 g/mol. The molecule has 1 saturated heterocycles. The first-order valence-corrected chi connectivity index (χ1v) is 8.41. The van der Waals surface area contributed by atoms with E-state index < -0.39 is 5.41 Å². The standard InChI is InChI=1S/C17H28N4O2.2ClH/c1-3-17(4-2,13-18)16(22)20-12-14-5-6-15(19-11-14)21-7-9-23-10-8-21;;/h5-6,11H,3-4,7-10,12-13,18H2,1-2H3,(H,20,22);2*1H. The highest BCUT2D eigenvalue weighted by atomic mass is 35.5. The number of pyridine rings is 1. The van der Waals surface area contributed by atoms with E-state index in [-0.39, 0.29) is 30.7 Å². The van der Waals surface area contributed by atoms with E-state index in [0.717, 1.165) is 50.5 Å². The molecular formula is C17H30Cl2N4O2. The molecule has 0 aliphatic carbocycles. The van der Waals surface area contributed by atoms with E-state index in [2.05, 4.69) is 15.2 Å². The summed E-state index contributed by atoms with van der Waals surface area (Å²) in [6, 6.07) is 4.02. The van der Waals surface area contributed by atoms with Gasteiger partial charge in [-0.1, -0.05) is 19.9 Å². The van der Waals surface area contributed by atoms with Crippen LogP contribution in [0.25, 0.3) is 0 Å². The van der Waals surface area contributed by atoms with Crippen molar-refractivity contribution < 1.29 is 9.53 Å². The molecule has 0 radical (unpaired) electrons. The van der Waals surface area contributed by atoms with Gasteiger partial charge in [-0.2, -0.15) is 0 Å². The highest BCUT2D eigenvalue weighted by Crippen LogP contribution is 2.25. The van der Waals surface area contributed by atoms with Crippen LogP contribution in [0.2, 0.25) is 0 Å². The van der Waals surface area contributed by atoms with Gasteiger partial charge in [0, 0.05) is 32.4 Å². The zero-order valence-electron chi connectivity index (χ0n) is 15.0. The van der Waals surface area contributed by atoms with Gasteiger partial charge >= 0.3 is 0 Å². The molecule has 144 valence electrons. The highest BCUT2D eigenvalue weighted by molar-refractivity contribution is 5.85. The van der Waals surface area contributed by atoms with Gasteiger partial charge in [0.15, 0.2) is 0 Å². The zero-order valence-corrected chi connectivity index (χ0v) is 16.6. The quantitative estimate of drug-likeness (QED) is 0.742. The molecule has 2 rings (SSSR count). The molecule has 0 atom stereocenters. The van der Waals surface area contributed by atoms with Gasteiger partial charge in [-0.05, 0) is 24.5 Å². The van der Waals surface area contributed by atoms with E-state index >= 15 is 0 Å². The van der Waals surface area contributed by atoms with Crippen LogP contribution < -0.4 is 16.0 Å². The molecule has 1 aliphatic rings. The Balaban J connectivity index is 0.00000288. The van der Waals surface area contributed by atoms with Crippen LogP contribution >= 0.6 is 24.8 Å². The summed E-state index contributed by atoms with van der Waals surface area (Å²) in [5, 5.41) is 3.00. The van der Waals surface area contributed by atoms with Crippen LogP contribution in [0.4, 0.5) is 5.82 Å². The van der Waals surface area contributed by atoms with Crippen LogP contribution in [0.3, 0.4) is 0 Å². The second-order valence-electron chi connectivity index (χ2n) is 6.00. The number of ether oxygens (including phenoxy) is 1. The molecule has 0 unspecified atom stereocenters. The highest BCUT2D eigenvalue weighted by Gasteiger charge is 2.32. The van der Waals surface area contributed by atoms with Crippen LogP contribution in [0.15, 0.2) is 18.3 Å². The number of hydrogen-bond acceptors (Lipinski definition) is 5. The number of nitrogens with two attached hydrogens (primary N) is 1. The molecule has 0 bridgehead atoms. The average Bonchev–Trinajstić information content (AvgIpc) is 2.63. The summed E-state index contributed by atoms with van der Waals surface area (Å²) >= 11 is 0. The Morgan fingerprint density at radius 1 is 1.28 bits per heavy atom. The predicted octanol–water partition coefficient (Wildman–Crippen LogP) is 2.14. The lowest BCUT2D eigenvalue weighted by Gasteiger charge is -2.29. The van der Waals surface area contributed by atoms with Gasteiger partial charge in [0.05, 0.1) is 18.6 Å². The second kappa shape index (κ2) is 11.5. The van der Waals surface area contributed by atoms with Crippen molar-refractivity contribution in [3.63, 3.8) is 0 Å². The summed E-state index contributed by atoms with van der Waals surface area (Å²) in [5.41, 5.74) is 6.35. The number of rotatable bonds is 7. The molecule has 1 aromatic heterocycles. The normalized spacial score (nSPS) is 14.3. The number of morpholine rings is 1. The fraction of sp³-hybridized carbons (Fsp3) is 0.647. The molecule has 2 heterocycles. The van der Waals surface area contributed by atoms with Gasteiger partial charge in [0.1, 0.15) is 5.82 Å². The van der Waals surface area contributed by atoms with Crippen LogP contribution in [-0.2, 0) is 16.1 Å². The first kappa shape index (κ1) is 23.9. The fourth-order valence-corrected chi connectivity index (χ4v) is 2.82. The third-order valence-corrected chi connectivity index (χ3v) is 4.82. The van der Waals surface area contributed by atoms with E-state index in [1.165, 1.54) is 0 Å². The summed E-state index contributed by atoms with van der Waals surface area (Å²) in [7, 11) is 0. The van der Waals surface area contributed by atoms with Crippen LogP contribution in [0.1, 0.15) is 32.3 Å². The lowest BCUT2D eigenvalue weighted by Crippen LogP contribution is -2.45. The van der Waals surface area contributed by atoms with Crippen molar-refractivity contribution in [1.29, 1.82) is 0 Å². The number of carbonyl (C=O) groups excluding carboxylic acids is 1. The first-order chi connectivity index (χ1) is 11.1. The minimum Gasteiger partial charge on any atom is -0.378 e. The number of carbonyl (C=O) groups is 1. The van der Waals surface area contributed by atoms with Crippen molar-refractivity contribution in [2.75, 3.05) is 37.7 Å². The molecule has 6 nitrogen and oxygen atoms in total. The lowest BCUT2D eigenvalue weighted by molar-refractivity contribution is -0.131. The number of nitrogens with one attached hydrogen (secondary N) is 1. The van der Waals surface area contributed by atoms with E-state index in [9.17, 15) is 4.79 Å². The van der Waals surface area contributed by atoms with Gasteiger partial charge in [-0.15, -0.1) is 24.8 Å². The van der Waals surface area contributed by atoms with E-state index in [0.29, 0.717) is 13.1 Å². The molecule has 1 aromatic rings. The maximum absolute atomic E-state index is 12.4. The third-order valence-electron chi connectivity index (χ3n) is 4.82. The summed E-state index contributed by atoms with van der Waals surface area (Å²) in [6.07, 6.45) is 3.33. The topological polar surface area (TPSA) is 80.5 Å². The van der Waals surface area contributed by atoms with E-state index in [4.69, 9.17) is 10.5 Å². The molecule has 0 aromatic carbocycles. The molecule has 0 saturated carbocycles. The van der Waals surface area contributed by atoms with Gasteiger partial charge in [-0.3, -0.25) is 4.79 Å². The summed E-state index contributed by atoms with van der Waals surface area (Å²) < 4.78 is 5.35.